The van der Waals surface area contributed by atoms with Crippen LogP contribution < -0.4 is 0 Å². The second-order valence-electron chi connectivity index (χ2n) is 6.77. The molecule has 2 aliphatic carbocycles. The lowest BCUT2D eigenvalue weighted by atomic mass is 9.99. The largest absolute Gasteiger partial charge is 0.294 e. The predicted octanol–water partition coefficient (Wildman–Crippen LogP) is 3.68. The maximum absolute atomic E-state index is 12.7. The third-order valence-corrected chi connectivity index (χ3v) is 4.81. The maximum atomic E-state index is 12.7. The summed E-state index contributed by atoms with van der Waals surface area (Å²) in [6.07, 6.45) is 7.19. The number of benzene rings is 1. The van der Waals surface area contributed by atoms with Crippen molar-refractivity contribution >= 4 is 11.6 Å². The summed E-state index contributed by atoms with van der Waals surface area (Å²) >= 11 is 0. The highest BCUT2D eigenvalue weighted by atomic mass is 16.1. The van der Waals surface area contributed by atoms with Crippen LogP contribution in [0, 0.1) is 18.8 Å². The van der Waals surface area contributed by atoms with E-state index in [2.05, 4.69) is 5.10 Å². The lowest BCUT2D eigenvalue weighted by molar-refractivity contribution is -0.116. The summed E-state index contributed by atoms with van der Waals surface area (Å²) in [5.41, 5.74) is 3.04. The van der Waals surface area contributed by atoms with E-state index < -0.39 is 0 Å². The van der Waals surface area contributed by atoms with Gasteiger partial charge in [-0.2, -0.15) is 5.10 Å². The van der Waals surface area contributed by atoms with Crippen molar-refractivity contribution in [1.82, 2.24) is 9.78 Å². The van der Waals surface area contributed by atoms with Crippen LogP contribution in [0.4, 0.5) is 0 Å². The molecule has 1 heterocycles. The minimum atomic E-state index is -0.106. The molecule has 0 radical (unpaired) electrons. The smallest absolute Gasteiger partial charge is 0.189 e. The number of hydrogen-bond donors (Lipinski definition) is 0. The van der Waals surface area contributed by atoms with Gasteiger partial charge in [0.25, 0.3) is 0 Å². The minimum absolute atomic E-state index is 0.106. The Balaban J connectivity index is 1.63. The van der Waals surface area contributed by atoms with E-state index in [0.717, 1.165) is 42.6 Å². The highest BCUT2D eigenvalue weighted by Gasteiger charge is 2.38. The van der Waals surface area contributed by atoms with E-state index in [4.69, 9.17) is 0 Å². The van der Waals surface area contributed by atoms with Crippen molar-refractivity contribution in [1.29, 1.82) is 0 Å². The quantitative estimate of drug-likeness (QED) is 0.602. The SMILES string of the molecule is Cc1c(C(=O)/C=C(/C(=O)C2CC2)C2CC2)cnn1-c1ccccc1. The molecule has 0 saturated heterocycles. The summed E-state index contributed by atoms with van der Waals surface area (Å²) in [7, 11) is 0. The van der Waals surface area contributed by atoms with Gasteiger partial charge in [0, 0.05) is 11.5 Å². The number of Topliss-reactive ketones (excluding diaryl/α,β-unsaturated/α-hetero) is 1. The van der Waals surface area contributed by atoms with Crippen LogP contribution in [0.25, 0.3) is 5.69 Å². The molecule has 0 N–H and O–H groups in total. The molecule has 2 fully saturated rings. The Morgan fingerprint density at radius 1 is 1.08 bits per heavy atom. The Bertz CT molecular complexity index is 825. The van der Waals surface area contributed by atoms with Crippen LogP contribution in [-0.2, 0) is 4.79 Å². The number of hydrogen-bond acceptors (Lipinski definition) is 3. The first-order chi connectivity index (χ1) is 11.6. The third kappa shape index (κ3) is 2.84. The molecule has 0 atom stereocenters. The van der Waals surface area contributed by atoms with Crippen LogP contribution in [0.2, 0.25) is 0 Å². The molecule has 0 spiro atoms. The first-order valence-electron chi connectivity index (χ1n) is 8.55. The number of ketones is 2. The molecule has 4 rings (SSSR count). The fraction of sp³-hybridized carbons (Fsp3) is 0.350. The van der Waals surface area contributed by atoms with Crippen LogP contribution in [0.1, 0.15) is 41.7 Å². The molecule has 1 aromatic heterocycles. The predicted molar refractivity (Wildman–Crippen MR) is 91.2 cm³/mol. The van der Waals surface area contributed by atoms with Crippen molar-refractivity contribution in [3.8, 4) is 5.69 Å². The molecular formula is C20H20N2O2. The Hall–Kier alpha value is -2.49. The van der Waals surface area contributed by atoms with Crippen molar-refractivity contribution in [2.45, 2.75) is 32.6 Å². The fourth-order valence-electron chi connectivity index (χ4n) is 3.07. The highest BCUT2D eigenvalue weighted by molar-refractivity contribution is 6.11. The first-order valence-corrected chi connectivity index (χ1v) is 8.55. The van der Waals surface area contributed by atoms with Gasteiger partial charge in [0.1, 0.15) is 0 Å². The molecule has 0 aliphatic heterocycles. The van der Waals surface area contributed by atoms with Crippen molar-refractivity contribution in [3.05, 3.63) is 59.4 Å². The molecule has 122 valence electrons. The zero-order valence-electron chi connectivity index (χ0n) is 13.7. The molecule has 1 aromatic carbocycles. The molecular weight excluding hydrogens is 300 g/mol. The van der Waals surface area contributed by atoms with Crippen molar-refractivity contribution in [3.63, 3.8) is 0 Å². The molecule has 4 heteroatoms. The summed E-state index contributed by atoms with van der Waals surface area (Å²) < 4.78 is 1.76. The fourth-order valence-corrected chi connectivity index (χ4v) is 3.07. The molecule has 0 unspecified atom stereocenters. The average molecular weight is 320 g/mol. The van der Waals surface area contributed by atoms with E-state index in [0.29, 0.717) is 11.5 Å². The van der Waals surface area contributed by atoms with E-state index >= 15 is 0 Å². The lowest BCUT2D eigenvalue weighted by Crippen LogP contribution is -2.10. The van der Waals surface area contributed by atoms with Crippen LogP contribution in [-0.4, -0.2) is 21.3 Å². The van der Waals surface area contributed by atoms with Gasteiger partial charge in [-0.05, 0) is 56.7 Å². The highest BCUT2D eigenvalue weighted by Crippen LogP contribution is 2.42. The number of para-hydroxylation sites is 1. The van der Waals surface area contributed by atoms with Crippen LogP contribution >= 0.6 is 0 Å². The second kappa shape index (κ2) is 5.86. The van der Waals surface area contributed by atoms with Crippen LogP contribution in [0.3, 0.4) is 0 Å². The molecule has 2 aliphatic rings. The number of nitrogens with zero attached hydrogens (tertiary/aromatic N) is 2. The van der Waals surface area contributed by atoms with E-state index in [-0.39, 0.29) is 17.5 Å². The molecule has 4 nitrogen and oxygen atoms in total. The number of carbonyl (C=O) groups excluding carboxylic acids is 2. The van der Waals surface area contributed by atoms with Crippen LogP contribution in [0.5, 0.6) is 0 Å². The normalized spacial score (nSPS) is 17.8. The van der Waals surface area contributed by atoms with E-state index in [1.165, 1.54) is 0 Å². The van der Waals surface area contributed by atoms with Gasteiger partial charge in [-0.3, -0.25) is 9.59 Å². The molecule has 0 amide bonds. The standard InChI is InChI=1S/C20H20N2O2/c1-13-18(12-21-22(13)16-5-3-2-4-6-16)19(23)11-17(14-7-8-14)20(24)15-9-10-15/h2-6,11-12,14-15H,7-10H2,1H3/b17-11+. The Labute approximate surface area is 141 Å². The van der Waals surface area contributed by atoms with Crippen molar-refractivity contribution < 1.29 is 9.59 Å². The first kappa shape index (κ1) is 15.1. The summed E-state index contributed by atoms with van der Waals surface area (Å²) in [5.74, 6) is 0.550. The van der Waals surface area contributed by atoms with Gasteiger partial charge in [-0.1, -0.05) is 18.2 Å². The molecule has 2 aromatic rings. The van der Waals surface area contributed by atoms with E-state index in [9.17, 15) is 9.59 Å². The summed E-state index contributed by atoms with van der Waals surface area (Å²) in [6.45, 7) is 1.89. The summed E-state index contributed by atoms with van der Waals surface area (Å²) in [5, 5.41) is 4.35. The Morgan fingerprint density at radius 2 is 1.75 bits per heavy atom. The minimum Gasteiger partial charge on any atom is -0.294 e. The monoisotopic (exact) mass is 320 g/mol. The number of rotatable bonds is 6. The van der Waals surface area contributed by atoms with E-state index in [1.807, 2.05) is 37.3 Å². The van der Waals surface area contributed by atoms with Gasteiger partial charge in [-0.25, -0.2) is 4.68 Å². The maximum Gasteiger partial charge on any atom is 0.189 e. The number of allylic oxidation sites excluding steroid dienone is 2. The summed E-state index contributed by atoms with van der Waals surface area (Å²) in [4.78, 5) is 25.1. The van der Waals surface area contributed by atoms with Crippen molar-refractivity contribution in [2.75, 3.05) is 0 Å². The lowest BCUT2D eigenvalue weighted by Gasteiger charge is -2.05. The number of aromatic nitrogens is 2. The van der Waals surface area contributed by atoms with Crippen LogP contribution in [0.15, 0.2) is 48.2 Å². The Morgan fingerprint density at radius 3 is 2.38 bits per heavy atom. The van der Waals surface area contributed by atoms with Gasteiger partial charge in [0.15, 0.2) is 11.6 Å². The third-order valence-electron chi connectivity index (χ3n) is 4.81. The van der Waals surface area contributed by atoms with E-state index in [1.54, 1.807) is 17.0 Å². The molecule has 0 bridgehead atoms. The zero-order valence-corrected chi connectivity index (χ0v) is 13.7. The average Bonchev–Trinajstić information content (AvgIpc) is 3.50. The molecule has 2 saturated carbocycles. The van der Waals surface area contributed by atoms with Gasteiger partial charge >= 0.3 is 0 Å². The number of carbonyl (C=O) groups is 2. The van der Waals surface area contributed by atoms with Gasteiger partial charge in [-0.15, -0.1) is 0 Å². The second-order valence-corrected chi connectivity index (χ2v) is 6.77. The van der Waals surface area contributed by atoms with Gasteiger partial charge < -0.3 is 0 Å². The molecule has 24 heavy (non-hydrogen) atoms. The topological polar surface area (TPSA) is 52.0 Å². The summed E-state index contributed by atoms with van der Waals surface area (Å²) in [6, 6.07) is 9.74. The Kier molecular flexibility index (Phi) is 3.68. The van der Waals surface area contributed by atoms with Crippen molar-refractivity contribution in [2.24, 2.45) is 11.8 Å². The van der Waals surface area contributed by atoms with Gasteiger partial charge in [0.2, 0.25) is 0 Å². The van der Waals surface area contributed by atoms with Gasteiger partial charge in [0.05, 0.1) is 23.1 Å². The zero-order chi connectivity index (χ0) is 16.7.